The first-order valence-corrected chi connectivity index (χ1v) is 4.83. The Labute approximate surface area is 89.4 Å². The van der Waals surface area contributed by atoms with E-state index in [1.54, 1.807) is 12.1 Å². The minimum absolute atomic E-state index is 0.0344. The van der Waals surface area contributed by atoms with Crippen molar-refractivity contribution >= 4 is 5.97 Å². The molecule has 0 fully saturated rings. The predicted molar refractivity (Wildman–Crippen MR) is 57.7 cm³/mol. The molecule has 3 nitrogen and oxygen atoms in total. The van der Waals surface area contributed by atoms with Gasteiger partial charge in [-0.2, -0.15) is 0 Å². The number of hydrogen-bond donors (Lipinski definition) is 2. The van der Waals surface area contributed by atoms with E-state index in [0.29, 0.717) is 5.56 Å². The van der Waals surface area contributed by atoms with Gasteiger partial charge in [0, 0.05) is 0 Å². The molecular weight excluding hydrogens is 192 g/mol. The monoisotopic (exact) mass is 208 g/mol. The van der Waals surface area contributed by atoms with E-state index in [4.69, 9.17) is 5.11 Å². The molecule has 0 amide bonds. The molecular formula is C12H16O3. The third-order valence-corrected chi connectivity index (χ3v) is 2.33. The maximum absolute atomic E-state index is 10.5. The Hall–Kier alpha value is -1.35. The van der Waals surface area contributed by atoms with Gasteiger partial charge in [0.1, 0.15) is 0 Å². The van der Waals surface area contributed by atoms with Gasteiger partial charge in [-0.3, -0.25) is 0 Å². The van der Waals surface area contributed by atoms with Crippen LogP contribution < -0.4 is 0 Å². The van der Waals surface area contributed by atoms with Crippen molar-refractivity contribution in [2.75, 3.05) is 0 Å². The molecule has 2 N–H and O–H groups in total. The highest BCUT2D eigenvalue weighted by atomic mass is 16.4. The Kier molecular flexibility index (Phi) is 3.15. The molecule has 0 aliphatic heterocycles. The lowest BCUT2D eigenvalue weighted by Gasteiger charge is -2.19. The maximum Gasteiger partial charge on any atom is 0.337 e. The summed E-state index contributed by atoms with van der Waals surface area (Å²) in [6, 6.07) is 7.00. The minimum Gasteiger partial charge on any atom is -0.479 e. The number of aliphatic hydroxyl groups excluding tert-OH is 1. The van der Waals surface area contributed by atoms with E-state index >= 15 is 0 Å². The van der Waals surface area contributed by atoms with Gasteiger partial charge >= 0.3 is 5.97 Å². The molecule has 3 heteroatoms. The van der Waals surface area contributed by atoms with Gasteiger partial charge < -0.3 is 10.2 Å². The summed E-state index contributed by atoms with van der Waals surface area (Å²) in [6.45, 7) is 6.24. The fraction of sp³-hybridized carbons (Fsp3) is 0.417. The zero-order valence-electron chi connectivity index (χ0n) is 9.19. The molecule has 82 valence electrons. The lowest BCUT2D eigenvalue weighted by Crippen LogP contribution is -2.13. The third kappa shape index (κ3) is 2.80. The van der Waals surface area contributed by atoms with Crippen LogP contribution in [0.5, 0.6) is 0 Å². The fourth-order valence-electron chi connectivity index (χ4n) is 1.31. The quantitative estimate of drug-likeness (QED) is 0.782. The van der Waals surface area contributed by atoms with Crippen molar-refractivity contribution in [3.63, 3.8) is 0 Å². The molecule has 0 aliphatic carbocycles. The molecule has 1 atom stereocenters. The first-order chi connectivity index (χ1) is 6.82. The number of carbonyl (C=O) groups is 1. The van der Waals surface area contributed by atoms with Crippen LogP contribution in [0.25, 0.3) is 0 Å². The van der Waals surface area contributed by atoms with Crippen LogP contribution in [-0.2, 0) is 10.2 Å². The summed E-state index contributed by atoms with van der Waals surface area (Å²) in [5.41, 5.74) is 1.56. The molecule has 0 saturated heterocycles. The molecule has 15 heavy (non-hydrogen) atoms. The van der Waals surface area contributed by atoms with Gasteiger partial charge in [0.25, 0.3) is 0 Å². The highest BCUT2D eigenvalue weighted by Gasteiger charge is 2.17. The number of aliphatic hydroxyl groups is 1. The molecule has 0 aromatic heterocycles. The summed E-state index contributed by atoms with van der Waals surface area (Å²) in [5, 5.41) is 17.9. The van der Waals surface area contributed by atoms with Crippen molar-refractivity contribution in [1.29, 1.82) is 0 Å². The number of benzene rings is 1. The summed E-state index contributed by atoms with van der Waals surface area (Å²) in [5.74, 6) is -1.22. The molecule has 1 aromatic carbocycles. The topological polar surface area (TPSA) is 57.5 Å². The summed E-state index contributed by atoms with van der Waals surface area (Å²) in [4.78, 5) is 10.5. The second-order valence-corrected chi connectivity index (χ2v) is 4.61. The lowest BCUT2D eigenvalue weighted by molar-refractivity contribution is -0.146. The van der Waals surface area contributed by atoms with E-state index in [9.17, 15) is 9.90 Å². The number of aliphatic carboxylic acids is 1. The minimum atomic E-state index is -1.43. The Bertz CT molecular complexity index is 346. The van der Waals surface area contributed by atoms with Gasteiger partial charge in [0.2, 0.25) is 0 Å². The summed E-state index contributed by atoms with van der Waals surface area (Å²) in [6.07, 6.45) is -1.43. The van der Waals surface area contributed by atoms with Crippen LogP contribution in [-0.4, -0.2) is 16.2 Å². The third-order valence-electron chi connectivity index (χ3n) is 2.33. The summed E-state index contributed by atoms with van der Waals surface area (Å²) >= 11 is 0. The van der Waals surface area contributed by atoms with Crippen LogP contribution in [0.3, 0.4) is 0 Å². The average molecular weight is 208 g/mol. The molecule has 1 aromatic rings. The largest absolute Gasteiger partial charge is 0.479 e. The van der Waals surface area contributed by atoms with Crippen molar-refractivity contribution in [2.45, 2.75) is 32.3 Å². The highest BCUT2D eigenvalue weighted by molar-refractivity contribution is 5.74. The van der Waals surface area contributed by atoms with Crippen LogP contribution >= 0.6 is 0 Å². The van der Waals surface area contributed by atoms with E-state index in [2.05, 4.69) is 20.8 Å². The second kappa shape index (κ2) is 4.03. The van der Waals surface area contributed by atoms with Crippen molar-refractivity contribution in [3.05, 3.63) is 35.4 Å². The molecule has 0 unspecified atom stereocenters. The second-order valence-electron chi connectivity index (χ2n) is 4.61. The fourth-order valence-corrected chi connectivity index (χ4v) is 1.31. The Balaban J connectivity index is 2.95. The van der Waals surface area contributed by atoms with Gasteiger partial charge in [-0.1, -0.05) is 45.0 Å². The molecule has 0 heterocycles. The Morgan fingerprint density at radius 3 is 2.00 bits per heavy atom. The molecule has 0 bridgehead atoms. The summed E-state index contributed by atoms with van der Waals surface area (Å²) < 4.78 is 0. The molecule has 0 spiro atoms. The van der Waals surface area contributed by atoms with Gasteiger partial charge in [-0.25, -0.2) is 4.79 Å². The molecule has 0 radical (unpaired) electrons. The van der Waals surface area contributed by atoms with Crippen LogP contribution in [0.15, 0.2) is 24.3 Å². The predicted octanol–water partition coefficient (Wildman–Crippen LogP) is 2.10. The van der Waals surface area contributed by atoms with Crippen molar-refractivity contribution in [3.8, 4) is 0 Å². The molecule has 0 aliphatic rings. The van der Waals surface area contributed by atoms with E-state index < -0.39 is 12.1 Å². The van der Waals surface area contributed by atoms with Gasteiger partial charge in [-0.05, 0) is 16.5 Å². The summed E-state index contributed by atoms with van der Waals surface area (Å²) in [7, 11) is 0. The first kappa shape index (κ1) is 11.7. The lowest BCUT2D eigenvalue weighted by atomic mass is 9.86. The zero-order valence-corrected chi connectivity index (χ0v) is 9.19. The van der Waals surface area contributed by atoms with Crippen molar-refractivity contribution in [2.24, 2.45) is 0 Å². The maximum atomic E-state index is 10.5. The number of hydrogen-bond acceptors (Lipinski definition) is 2. The van der Waals surface area contributed by atoms with Crippen molar-refractivity contribution in [1.82, 2.24) is 0 Å². The van der Waals surface area contributed by atoms with E-state index in [0.717, 1.165) is 5.56 Å². The van der Waals surface area contributed by atoms with Crippen LogP contribution in [0.4, 0.5) is 0 Å². The van der Waals surface area contributed by atoms with Crippen LogP contribution in [0.2, 0.25) is 0 Å². The standard InChI is InChI=1S/C12H16O3/c1-12(2,3)9-6-4-8(5-7-9)10(13)11(14)15/h4-7,10,13H,1-3H3,(H,14,15)/t10-/m0/s1. The molecule has 0 saturated carbocycles. The molecule has 1 rings (SSSR count). The first-order valence-electron chi connectivity index (χ1n) is 4.83. The van der Waals surface area contributed by atoms with Gasteiger partial charge in [0.15, 0.2) is 6.10 Å². The SMILES string of the molecule is CC(C)(C)c1ccc([C@H](O)C(=O)O)cc1. The number of carboxylic acids is 1. The van der Waals surface area contributed by atoms with Crippen LogP contribution in [0, 0.1) is 0 Å². The average Bonchev–Trinajstić information content (AvgIpc) is 2.15. The smallest absolute Gasteiger partial charge is 0.337 e. The van der Waals surface area contributed by atoms with Gasteiger partial charge in [-0.15, -0.1) is 0 Å². The van der Waals surface area contributed by atoms with E-state index in [1.165, 1.54) is 0 Å². The van der Waals surface area contributed by atoms with Gasteiger partial charge in [0.05, 0.1) is 0 Å². The van der Waals surface area contributed by atoms with Crippen molar-refractivity contribution < 1.29 is 15.0 Å². The normalized spacial score (nSPS) is 13.6. The Morgan fingerprint density at radius 1 is 1.20 bits per heavy atom. The Morgan fingerprint density at radius 2 is 1.67 bits per heavy atom. The zero-order chi connectivity index (χ0) is 11.6. The highest BCUT2D eigenvalue weighted by Crippen LogP contribution is 2.23. The van der Waals surface area contributed by atoms with E-state index in [-0.39, 0.29) is 5.41 Å². The number of rotatable bonds is 2. The van der Waals surface area contributed by atoms with E-state index in [1.807, 2.05) is 12.1 Å². The number of carboxylic acid groups (broad SMARTS) is 1. The van der Waals surface area contributed by atoms with Crippen LogP contribution in [0.1, 0.15) is 38.0 Å².